The predicted octanol–water partition coefficient (Wildman–Crippen LogP) is 21.7. The largest absolute Gasteiger partial charge is 0.349 e. The van der Waals surface area contributed by atoms with Gasteiger partial charge in [-0.15, -0.1) is 0 Å². The summed E-state index contributed by atoms with van der Waals surface area (Å²) in [6, 6.07) is 24.4. The van der Waals surface area contributed by atoms with Crippen molar-refractivity contribution in [3.05, 3.63) is 162 Å². The van der Waals surface area contributed by atoms with E-state index >= 15 is 0 Å². The molecule has 1 aliphatic carbocycles. The molecule has 9 heterocycles. The van der Waals surface area contributed by atoms with Gasteiger partial charge >= 0.3 is 0 Å². The van der Waals surface area contributed by atoms with Gasteiger partial charge < -0.3 is 14.0 Å². The fourth-order valence-corrected chi connectivity index (χ4v) is 10.8. The van der Waals surface area contributed by atoms with E-state index in [1.165, 1.54) is 75.6 Å². The van der Waals surface area contributed by atoms with Crippen LogP contribution in [0.15, 0.2) is 122 Å². The number of pyridine rings is 3. The highest BCUT2D eigenvalue weighted by Crippen LogP contribution is 2.38. The number of rotatable bonds is 1. The monoisotopic (exact) mass is 1320 g/mol. The second-order valence-electron chi connectivity index (χ2n) is 36.1. The van der Waals surface area contributed by atoms with Crippen LogP contribution in [0.4, 0.5) is 8.78 Å². The molecule has 0 bridgehead atoms. The van der Waals surface area contributed by atoms with Crippen LogP contribution in [0, 0.1) is 36.9 Å². The van der Waals surface area contributed by atoms with Crippen molar-refractivity contribution < 1.29 is 8.78 Å². The Morgan fingerprint density at radius 3 is 1.27 bits per heavy atom. The second-order valence-corrected chi connectivity index (χ2v) is 36.1. The summed E-state index contributed by atoms with van der Waals surface area (Å²) < 4.78 is 30.4. The van der Waals surface area contributed by atoms with Crippen LogP contribution in [0.25, 0.3) is 0 Å². The summed E-state index contributed by atoms with van der Waals surface area (Å²) in [6.07, 6.45) is 22.3. The van der Waals surface area contributed by atoms with Gasteiger partial charge in [0.15, 0.2) is 0 Å². The van der Waals surface area contributed by atoms with Crippen LogP contribution >= 0.6 is 0 Å². The Bertz CT molecular complexity index is 2920. The first-order valence-electron chi connectivity index (χ1n) is 35.2. The van der Waals surface area contributed by atoms with Crippen molar-refractivity contribution in [2.24, 2.45) is 17.3 Å². The molecule has 95 heavy (non-hydrogen) atoms. The van der Waals surface area contributed by atoms with Crippen molar-refractivity contribution in [3.63, 3.8) is 0 Å². The Morgan fingerprint density at radius 2 is 1.00 bits per heavy atom. The zero-order chi connectivity index (χ0) is 72.1. The number of alkyl halides is 1. The van der Waals surface area contributed by atoms with Gasteiger partial charge in [0.25, 0.3) is 0 Å². The quantitative estimate of drug-likeness (QED) is 0.161. The normalized spacial score (nSPS) is 17.2. The minimum Gasteiger partial charge on any atom is -0.349 e. The Balaban J connectivity index is 0.000000535. The molecule has 12 heteroatoms. The van der Waals surface area contributed by atoms with Crippen molar-refractivity contribution in [2.75, 3.05) is 39.3 Å². The molecule has 0 unspecified atom stereocenters. The number of hydrogen-bond donors (Lipinski definition) is 0. The van der Waals surface area contributed by atoms with Gasteiger partial charge in [-0.25, -0.2) is 18.7 Å². The topological polar surface area (TPSA) is 84.0 Å². The molecule has 1 saturated carbocycles. The van der Waals surface area contributed by atoms with E-state index in [9.17, 15) is 8.78 Å². The van der Waals surface area contributed by atoms with Crippen molar-refractivity contribution in [1.82, 2.24) is 48.8 Å². The summed E-state index contributed by atoms with van der Waals surface area (Å²) in [5, 5.41) is 0. The SMILES string of the molecule is C.CC(C)(C)C1CCN(C2CC2)CC1.CC(C)(C)c1ccccn1.CC(C)(C)c1ncccc1F.CC(C)(C)c1ncccn1.CC(C)(C)n1cccc1.CC1(F)CN(C(C)(C)C)C1.C[C@@H]1CCN(C(C)(C)C)C1.Cc1cc(C(C)(C)C)ccn1.Cc1cccn1C(C)(C)C. The molecule has 10 rings (SSSR count). The molecule has 3 aliphatic heterocycles. The first-order valence-corrected chi connectivity index (χ1v) is 35.2. The van der Waals surface area contributed by atoms with E-state index in [-0.39, 0.29) is 51.5 Å². The van der Waals surface area contributed by atoms with Crippen LogP contribution in [0.5, 0.6) is 0 Å². The first kappa shape index (κ1) is 87.8. The van der Waals surface area contributed by atoms with E-state index in [1.807, 2.05) is 70.4 Å². The molecule has 0 aromatic carbocycles. The molecule has 10 nitrogen and oxygen atoms in total. The maximum Gasteiger partial charge on any atom is 0.145 e. The Morgan fingerprint density at radius 1 is 0.474 bits per heavy atom. The number of piperidine rings is 1. The number of aryl methyl sites for hydroxylation is 2. The Labute approximate surface area is 583 Å². The highest BCUT2D eigenvalue weighted by atomic mass is 19.1. The average molecular weight is 1320 g/mol. The molecular weight excluding hydrogens is 1170 g/mol. The second kappa shape index (κ2) is 37.1. The third-order valence-electron chi connectivity index (χ3n) is 17.1. The lowest BCUT2D eigenvalue weighted by atomic mass is 9.75. The van der Waals surface area contributed by atoms with Crippen LogP contribution in [0.1, 0.15) is 274 Å². The lowest BCUT2D eigenvalue weighted by Crippen LogP contribution is -2.63. The van der Waals surface area contributed by atoms with Crippen LogP contribution in [0.2, 0.25) is 0 Å². The number of hydrogen-bond acceptors (Lipinski definition) is 8. The van der Waals surface area contributed by atoms with Crippen molar-refractivity contribution >= 4 is 0 Å². The maximum absolute atomic E-state index is 13.0. The van der Waals surface area contributed by atoms with Crippen molar-refractivity contribution in [2.45, 2.75) is 310 Å². The number of nitrogens with zero attached hydrogens (tertiary/aromatic N) is 10. The summed E-state index contributed by atoms with van der Waals surface area (Å²) in [5.74, 6) is 2.55. The van der Waals surface area contributed by atoms with Crippen LogP contribution in [-0.2, 0) is 32.7 Å². The first-order chi connectivity index (χ1) is 42.7. The van der Waals surface area contributed by atoms with Gasteiger partial charge in [-0.2, -0.15) is 0 Å². The zero-order valence-corrected chi connectivity index (χ0v) is 65.8. The summed E-state index contributed by atoms with van der Waals surface area (Å²) in [6.45, 7) is 73.5. The fraction of sp³-hybridized carbons (Fsp3) is 0.675. The maximum atomic E-state index is 13.0. The highest BCUT2D eigenvalue weighted by Gasteiger charge is 2.43. The van der Waals surface area contributed by atoms with Gasteiger partial charge in [-0.1, -0.05) is 124 Å². The van der Waals surface area contributed by atoms with E-state index in [2.05, 4.69) is 278 Å². The third kappa shape index (κ3) is 34.7. The van der Waals surface area contributed by atoms with Gasteiger partial charge in [0.1, 0.15) is 17.3 Å². The molecule has 0 spiro atoms. The molecule has 0 amide bonds. The van der Waals surface area contributed by atoms with Crippen molar-refractivity contribution in [3.8, 4) is 0 Å². The highest BCUT2D eigenvalue weighted by molar-refractivity contribution is 5.23. The summed E-state index contributed by atoms with van der Waals surface area (Å²) in [7, 11) is 0. The van der Waals surface area contributed by atoms with Crippen molar-refractivity contribution in [1.29, 1.82) is 0 Å². The molecule has 3 saturated heterocycles. The molecule has 0 N–H and O–H groups in total. The summed E-state index contributed by atoms with van der Waals surface area (Å²) in [4.78, 5) is 28.1. The lowest BCUT2D eigenvalue weighted by Gasteiger charge is -2.49. The predicted molar refractivity (Wildman–Crippen MR) is 407 cm³/mol. The molecule has 0 radical (unpaired) electrons. The third-order valence-corrected chi connectivity index (χ3v) is 17.1. The van der Waals surface area contributed by atoms with Gasteiger partial charge in [0.2, 0.25) is 0 Å². The summed E-state index contributed by atoms with van der Waals surface area (Å²) in [5.41, 5.74) is 6.36. The standard InChI is InChI=1S/C12H23N.C10H15N.C9H12FN.C9H19N.C9H15N.C9H13N.C8H16FN.C8H12N2.C8H13N.CH4/c1-12(2,3)10-6-8-13(9-7-10)11-4-5-11;1-8-7-9(5-6-11-8)10(2,3)4;1-9(2,3)8-7(10)5-4-6-11-8;1-8-5-6-10(7-8)9(2,3)4;1-8-6-5-7-10(8)9(2,3)4;1-9(2,3)8-6-4-5-7-10-8;1-7(2,3)10-5-8(4,9)6-10;1-8(2,3)7-9-5-4-6-10-7;1-8(2,3)9-6-4-5-7-9;/h10-11H,4-9H2,1-3H3;5-7H,1-4H3;4-6H,1-3H3;8H,5-7H2,1-4H3;5-7H,1-4H3;4-7H,1-3H3;5-6H2,1-4H3;4-6H,1-3H3;4-7H,1-3H3;1H4/t;;;8-;;;;;;/m...1....../s1. The molecule has 6 aromatic rings. The van der Waals surface area contributed by atoms with Gasteiger partial charge in [0.05, 0.1) is 5.69 Å². The number of likely N-dealkylation sites (tertiary alicyclic amines) is 3. The van der Waals surface area contributed by atoms with Gasteiger partial charge in [-0.05, 0) is 251 Å². The number of halogens is 2. The Hall–Kier alpha value is -5.17. The van der Waals surface area contributed by atoms with Gasteiger partial charge in [0, 0.05) is 131 Å². The van der Waals surface area contributed by atoms with Gasteiger partial charge in [-0.3, -0.25) is 24.8 Å². The molecular formula is C83H142F2N10. The number of aromatic nitrogens is 7. The van der Waals surface area contributed by atoms with E-state index in [0.29, 0.717) is 29.7 Å². The summed E-state index contributed by atoms with van der Waals surface area (Å²) >= 11 is 0. The Kier molecular flexibility index (Phi) is 34.3. The minimum absolute atomic E-state index is 0. The zero-order valence-electron chi connectivity index (χ0n) is 65.8. The van der Waals surface area contributed by atoms with E-state index in [4.69, 9.17) is 0 Å². The smallest absolute Gasteiger partial charge is 0.145 e. The van der Waals surface area contributed by atoms with E-state index < -0.39 is 5.67 Å². The molecule has 4 fully saturated rings. The van der Waals surface area contributed by atoms with E-state index in [1.54, 1.807) is 31.6 Å². The molecule has 4 aliphatic rings. The van der Waals surface area contributed by atoms with Crippen LogP contribution in [-0.4, -0.2) is 111 Å². The molecule has 1 atom stereocenters. The van der Waals surface area contributed by atoms with Crippen LogP contribution < -0.4 is 0 Å². The average Bonchev–Trinajstić information content (AvgIpc) is 1.80. The van der Waals surface area contributed by atoms with Crippen LogP contribution in [0.3, 0.4) is 0 Å². The van der Waals surface area contributed by atoms with E-state index in [0.717, 1.165) is 35.1 Å². The molecule has 6 aromatic heterocycles. The fourth-order valence-electron chi connectivity index (χ4n) is 10.8. The minimum atomic E-state index is -0.923. The molecule has 538 valence electrons. The lowest BCUT2D eigenvalue weighted by molar-refractivity contribution is -0.0681.